The summed E-state index contributed by atoms with van der Waals surface area (Å²) in [5.74, 6) is 0.425. The van der Waals surface area contributed by atoms with Crippen molar-refractivity contribution in [1.29, 1.82) is 0 Å². The summed E-state index contributed by atoms with van der Waals surface area (Å²) in [5.41, 5.74) is 0.413. The van der Waals surface area contributed by atoms with Crippen molar-refractivity contribution in [2.45, 2.75) is 26.4 Å². The molecule has 2 aromatic rings. The molecule has 3 N–H and O–H groups in total. The molecule has 1 atom stereocenters. The van der Waals surface area contributed by atoms with Crippen molar-refractivity contribution in [1.82, 2.24) is 15.1 Å². The van der Waals surface area contributed by atoms with E-state index in [-0.39, 0.29) is 12.6 Å². The molecule has 2 rings (SSSR count). The fourth-order valence-corrected chi connectivity index (χ4v) is 1.77. The van der Waals surface area contributed by atoms with Crippen molar-refractivity contribution in [3.8, 4) is 0 Å². The van der Waals surface area contributed by atoms with E-state index in [1.165, 1.54) is 17.1 Å². The number of furan rings is 1. The Morgan fingerprint density at radius 3 is 2.86 bits per heavy atom. The smallest absolute Gasteiger partial charge is 0.325 e. The van der Waals surface area contributed by atoms with E-state index in [9.17, 15) is 9.59 Å². The van der Waals surface area contributed by atoms with E-state index in [2.05, 4.69) is 15.7 Å². The zero-order chi connectivity index (χ0) is 15.4. The number of hydrogen-bond acceptors (Lipinski definition) is 4. The van der Waals surface area contributed by atoms with Crippen LogP contribution in [0.1, 0.15) is 24.5 Å². The number of carbonyl (C=O) groups is 2. The molecular formula is C13H16N4O4. The van der Waals surface area contributed by atoms with Crippen molar-refractivity contribution in [2.75, 3.05) is 5.32 Å². The summed E-state index contributed by atoms with van der Waals surface area (Å²) in [6, 6.07) is 2.91. The van der Waals surface area contributed by atoms with Gasteiger partial charge in [-0.25, -0.2) is 4.79 Å². The molecule has 0 aliphatic carbocycles. The van der Waals surface area contributed by atoms with Crippen LogP contribution in [0.15, 0.2) is 28.9 Å². The fraction of sp³-hybridized carbons (Fsp3) is 0.308. The van der Waals surface area contributed by atoms with Gasteiger partial charge in [0.2, 0.25) is 0 Å². The first-order valence-electron chi connectivity index (χ1n) is 6.32. The van der Waals surface area contributed by atoms with Crippen LogP contribution in [-0.2, 0) is 11.3 Å². The van der Waals surface area contributed by atoms with E-state index in [1.54, 1.807) is 13.0 Å². The van der Waals surface area contributed by atoms with Crippen molar-refractivity contribution < 1.29 is 19.1 Å². The highest BCUT2D eigenvalue weighted by Crippen LogP contribution is 2.15. The van der Waals surface area contributed by atoms with Gasteiger partial charge in [-0.1, -0.05) is 0 Å². The molecule has 0 aliphatic heterocycles. The second kappa shape index (κ2) is 6.12. The van der Waals surface area contributed by atoms with Gasteiger partial charge in [-0.2, -0.15) is 5.10 Å². The van der Waals surface area contributed by atoms with Crippen LogP contribution < -0.4 is 10.6 Å². The highest BCUT2D eigenvalue weighted by molar-refractivity contribution is 5.89. The van der Waals surface area contributed by atoms with Gasteiger partial charge in [0.05, 0.1) is 17.9 Å². The topological polar surface area (TPSA) is 109 Å². The molecular weight excluding hydrogens is 276 g/mol. The monoisotopic (exact) mass is 292 g/mol. The number of carboxylic acid groups (broad SMARTS) is 1. The number of carbonyl (C=O) groups excluding carboxylic acids is 1. The third-order valence-electron chi connectivity index (χ3n) is 2.72. The maximum atomic E-state index is 11.8. The van der Waals surface area contributed by atoms with Crippen LogP contribution in [-0.4, -0.2) is 26.9 Å². The Kier molecular flexibility index (Phi) is 4.27. The Morgan fingerprint density at radius 2 is 2.24 bits per heavy atom. The zero-order valence-electron chi connectivity index (χ0n) is 11.7. The first kappa shape index (κ1) is 14.6. The van der Waals surface area contributed by atoms with Crippen molar-refractivity contribution in [2.24, 2.45) is 0 Å². The number of aryl methyl sites for hydroxylation is 1. The SMILES string of the molecule is Cc1ccc(C(C)NC(=O)Nc2cnn(CC(=O)O)c2)o1. The number of carboxylic acids is 1. The zero-order valence-corrected chi connectivity index (χ0v) is 11.7. The number of nitrogens with one attached hydrogen (secondary N) is 2. The summed E-state index contributed by atoms with van der Waals surface area (Å²) < 4.78 is 6.64. The molecule has 8 heteroatoms. The number of nitrogens with zero attached hydrogens (tertiary/aromatic N) is 2. The molecule has 0 saturated heterocycles. The summed E-state index contributed by atoms with van der Waals surface area (Å²) in [4.78, 5) is 22.4. The third kappa shape index (κ3) is 4.10. The number of hydrogen-bond donors (Lipinski definition) is 3. The third-order valence-corrected chi connectivity index (χ3v) is 2.72. The van der Waals surface area contributed by atoms with Gasteiger partial charge in [-0.05, 0) is 26.0 Å². The number of aromatic nitrogens is 2. The average Bonchev–Trinajstić information content (AvgIpc) is 2.98. The number of urea groups is 1. The van der Waals surface area contributed by atoms with Gasteiger partial charge in [0.25, 0.3) is 0 Å². The van der Waals surface area contributed by atoms with Gasteiger partial charge in [0, 0.05) is 6.20 Å². The van der Waals surface area contributed by atoms with Crippen LogP contribution in [0.3, 0.4) is 0 Å². The molecule has 0 bridgehead atoms. The standard InChI is InChI=1S/C13H16N4O4/c1-8-3-4-11(21-8)9(2)15-13(20)16-10-5-14-17(6-10)7-12(18)19/h3-6,9H,7H2,1-2H3,(H,18,19)(H2,15,16,20). The van der Waals surface area contributed by atoms with Gasteiger partial charge in [0.15, 0.2) is 0 Å². The van der Waals surface area contributed by atoms with Crippen LogP contribution in [0.5, 0.6) is 0 Å². The average molecular weight is 292 g/mol. The van der Waals surface area contributed by atoms with Gasteiger partial charge < -0.3 is 20.2 Å². The number of amides is 2. The second-order valence-electron chi connectivity index (χ2n) is 4.59. The van der Waals surface area contributed by atoms with E-state index in [0.29, 0.717) is 11.4 Å². The highest BCUT2D eigenvalue weighted by atomic mass is 16.4. The van der Waals surface area contributed by atoms with E-state index in [0.717, 1.165) is 5.76 Å². The largest absolute Gasteiger partial charge is 0.480 e. The van der Waals surface area contributed by atoms with Crippen LogP contribution in [0.25, 0.3) is 0 Å². The number of anilines is 1. The predicted molar refractivity (Wildman–Crippen MR) is 73.9 cm³/mol. The van der Waals surface area contributed by atoms with Crippen LogP contribution in [0.2, 0.25) is 0 Å². The molecule has 1 unspecified atom stereocenters. The molecule has 0 saturated carbocycles. The van der Waals surface area contributed by atoms with Crippen LogP contribution in [0.4, 0.5) is 10.5 Å². The van der Waals surface area contributed by atoms with Crippen LogP contribution >= 0.6 is 0 Å². The summed E-state index contributed by atoms with van der Waals surface area (Å²) in [6.07, 6.45) is 2.82. The molecule has 0 spiro atoms. The summed E-state index contributed by atoms with van der Waals surface area (Å²) >= 11 is 0. The Hall–Kier alpha value is -2.77. The molecule has 2 heterocycles. The molecule has 0 fully saturated rings. The maximum Gasteiger partial charge on any atom is 0.325 e. The molecule has 8 nitrogen and oxygen atoms in total. The first-order valence-corrected chi connectivity index (χ1v) is 6.32. The van der Waals surface area contributed by atoms with E-state index < -0.39 is 12.0 Å². The van der Waals surface area contributed by atoms with Crippen molar-refractivity contribution >= 4 is 17.7 Å². The summed E-state index contributed by atoms with van der Waals surface area (Å²) in [5, 5.41) is 17.7. The molecule has 0 aromatic carbocycles. The number of aliphatic carboxylic acids is 1. The first-order chi connectivity index (χ1) is 9.94. The Bertz CT molecular complexity index is 646. The predicted octanol–water partition coefficient (Wildman–Crippen LogP) is 1.75. The molecule has 0 radical (unpaired) electrons. The molecule has 0 aliphatic rings. The molecule has 2 aromatic heterocycles. The minimum absolute atomic E-state index is 0.259. The highest BCUT2D eigenvalue weighted by Gasteiger charge is 2.13. The van der Waals surface area contributed by atoms with Gasteiger partial charge in [0.1, 0.15) is 18.1 Å². The van der Waals surface area contributed by atoms with Gasteiger partial charge in [-0.3, -0.25) is 9.48 Å². The lowest BCUT2D eigenvalue weighted by molar-refractivity contribution is -0.137. The normalized spacial score (nSPS) is 11.9. The summed E-state index contributed by atoms with van der Waals surface area (Å²) in [7, 11) is 0. The quantitative estimate of drug-likeness (QED) is 0.777. The Balaban J connectivity index is 1.89. The lowest BCUT2D eigenvalue weighted by Gasteiger charge is -2.11. The lowest BCUT2D eigenvalue weighted by atomic mass is 10.2. The summed E-state index contributed by atoms with van der Waals surface area (Å²) in [6.45, 7) is 3.37. The van der Waals surface area contributed by atoms with E-state index >= 15 is 0 Å². The molecule has 2 amide bonds. The van der Waals surface area contributed by atoms with Gasteiger partial charge >= 0.3 is 12.0 Å². The Labute approximate surface area is 120 Å². The second-order valence-corrected chi connectivity index (χ2v) is 4.59. The van der Waals surface area contributed by atoms with Crippen molar-refractivity contribution in [3.63, 3.8) is 0 Å². The van der Waals surface area contributed by atoms with E-state index in [1.807, 2.05) is 13.0 Å². The minimum atomic E-state index is -1.00. The molecule has 112 valence electrons. The number of rotatable bonds is 5. The lowest BCUT2D eigenvalue weighted by Crippen LogP contribution is -2.30. The van der Waals surface area contributed by atoms with Crippen LogP contribution in [0, 0.1) is 6.92 Å². The maximum absolute atomic E-state index is 11.8. The fourth-order valence-electron chi connectivity index (χ4n) is 1.77. The van der Waals surface area contributed by atoms with E-state index in [4.69, 9.17) is 9.52 Å². The minimum Gasteiger partial charge on any atom is -0.480 e. The Morgan fingerprint density at radius 1 is 1.48 bits per heavy atom. The van der Waals surface area contributed by atoms with Gasteiger partial charge in [-0.15, -0.1) is 0 Å². The van der Waals surface area contributed by atoms with Crippen molar-refractivity contribution in [3.05, 3.63) is 36.0 Å². The molecule has 21 heavy (non-hydrogen) atoms.